The van der Waals surface area contributed by atoms with Gasteiger partial charge in [-0.05, 0) is 73.3 Å². The number of allylic oxidation sites excluding steroid dienone is 1. The molecule has 1 N–H and O–H groups in total. The summed E-state index contributed by atoms with van der Waals surface area (Å²) in [7, 11) is 2.17. The van der Waals surface area contributed by atoms with Gasteiger partial charge >= 0.3 is 0 Å². The maximum absolute atomic E-state index is 13.1. The molecule has 0 saturated carbocycles. The maximum Gasteiger partial charge on any atom is 0.255 e. The summed E-state index contributed by atoms with van der Waals surface area (Å²) in [5.74, 6) is -0.106. The van der Waals surface area contributed by atoms with Crippen molar-refractivity contribution in [2.45, 2.75) is 31.8 Å². The van der Waals surface area contributed by atoms with E-state index in [9.17, 15) is 4.79 Å². The number of benzene rings is 3. The predicted octanol–water partition coefficient (Wildman–Crippen LogP) is 6.76. The Hall–Kier alpha value is -3.28. The lowest BCUT2D eigenvalue weighted by molar-refractivity contribution is 0.102. The zero-order chi connectivity index (χ0) is 22.6. The van der Waals surface area contributed by atoms with Crippen molar-refractivity contribution in [3.05, 3.63) is 95.5 Å². The first kappa shape index (κ1) is 21.6. The lowest BCUT2D eigenvalue weighted by atomic mass is 9.95. The van der Waals surface area contributed by atoms with Crippen LogP contribution in [0.2, 0.25) is 0 Å². The van der Waals surface area contributed by atoms with Crippen LogP contribution in [0.4, 0.5) is 5.69 Å². The van der Waals surface area contributed by atoms with Crippen molar-refractivity contribution in [2.24, 2.45) is 0 Å². The number of nitrogens with one attached hydrogen (secondary N) is 1. The molecule has 3 aromatic carbocycles. The number of hydrogen-bond acceptors (Lipinski definition) is 4. The molecule has 1 amide bonds. The average molecular weight is 454 g/mol. The molecule has 1 aromatic heterocycles. The molecular weight excluding hydrogens is 426 g/mol. The molecule has 5 heteroatoms. The van der Waals surface area contributed by atoms with Crippen molar-refractivity contribution >= 4 is 33.1 Å². The normalized spacial score (nSPS) is 15.8. The van der Waals surface area contributed by atoms with E-state index in [4.69, 9.17) is 0 Å². The van der Waals surface area contributed by atoms with Crippen LogP contribution in [0.25, 0.3) is 21.3 Å². The van der Waals surface area contributed by atoms with Crippen molar-refractivity contribution in [2.75, 3.05) is 12.4 Å². The highest BCUT2D eigenvalue weighted by Crippen LogP contribution is 2.28. The van der Waals surface area contributed by atoms with Crippen molar-refractivity contribution in [3.63, 3.8) is 0 Å². The molecule has 1 atom stereocenters. The van der Waals surface area contributed by atoms with E-state index in [1.807, 2.05) is 41.9 Å². The van der Waals surface area contributed by atoms with Gasteiger partial charge in [0.25, 0.3) is 5.91 Å². The third-order valence-corrected chi connectivity index (χ3v) is 7.07. The number of amides is 1. The van der Waals surface area contributed by atoms with Gasteiger partial charge in [-0.1, -0.05) is 48.6 Å². The number of nitrogens with zero attached hydrogens (tertiary/aromatic N) is 2. The summed E-state index contributed by atoms with van der Waals surface area (Å²) >= 11 is 1.60. The first-order valence-electron chi connectivity index (χ1n) is 11.4. The molecule has 1 unspecified atom stereocenters. The number of aromatic nitrogens is 1. The number of carbonyl (C=O) groups excluding carboxylic acids is 1. The van der Waals surface area contributed by atoms with Gasteiger partial charge in [-0.15, -0.1) is 11.3 Å². The van der Waals surface area contributed by atoms with Crippen LogP contribution in [0.5, 0.6) is 0 Å². The Balaban J connectivity index is 1.43. The van der Waals surface area contributed by atoms with E-state index in [0.717, 1.165) is 28.0 Å². The fraction of sp³-hybridized carbons (Fsp3) is 0.214. The second-order valence-corrected chi connectivity index (χ2v) is 9.45. The molecule has 0 fully saturated rings. The molecule has 1 heterocycles. The van der Waals surface area contributed by atoms with Crippen LogP contribution in [-0.2, 0) is 6.54 Å². The van der Waals surface area contributed by atoms with Crippen LogP contribution < -0.4 is 5.32 Å². The van der Waals surface area contributed by atoms with Gasteiger partial charge in [0.15, 0.2) is 0 Å². The highest BCUT2D eigenvalue weighted by atomic mass is 32.1. The van der Waals surface area contributed by atoms with Crippen LogP contribution in [0.3, 0.4) is 0 Å². The highest BCUT2D eigenvalue weighted by molar-refractivity contribution is 7.16. The first-order valence-corrected chi connectivity index (χ1v) is 12.3. The van der Waals surface area contributed by atoms with Gasteiger partial charge in [-0.2, -0.15) is 0 Å². The molecule has 166 valence electrons. The minimum atomic E-state index is -0.106. The minimum Gasteiger partial charge on any atom is -0.322 e. The Morgan fingerprint density at radius 3 is 2.82 bits per heavy atom. The molecule has 0 saturated heterocycles. The number of anilines is 1. The van der Waals surface area contributed by atoms with Crippen LogP contribution in [0.15, 0.2) is 84.4 Å². The number of fused-ring (bicyclic) bond motifs is 1. The average Bonchev–Trinajstić information content (AvgIpc) is 3.33. The largest absolute Gasteiger partial charge is 0.322 e. The molecule has 1 aliphatic rings. The van der Waals surface area contributed by atoms with Crippen molar-refractivity contribution in [1.29, 1.82) is 0 Å². The molecule has 1 aliphatic carbocycles. The van der Waals surface area contributed by atoms with Gasteiger partial charge in [0, 0.05) is 23.8 Å². The number of thiazole rings is 1. The first-order chi connectivity index (χ1) is 16.2. The van der Waals surface area contributed by atoms with E-state index in [2.05, 4.69) is 64.7 Å². The molecule has 33 heavy (non-hydrogen) atoms. The third kappa shape index (κ3) is 4.90. The quantitative estimate of drug-likeness (QED) is 0.328. The SMILES string of the molecule is CN(Cc1cc(C(=O)Nc2ccc3scnc3c2)ccc1-c1ccccc1)C1C=CCCC1. The van der Waals surface area contributed by atoms with Gasteiger partial charge in [-0.25, -0.2) is 4.98 Å². The fourth-order valence-corrected chi connectivity index (χ4v) is 5.11. The van der Waals surface area contributed by atoms with Crippen LogP contribution in [0, 0.1) is 0 Å². The second kappa shape index (κ2) is 9.69. The highest BCUT2D eigenvalue weighted by Gasteiger charge is 2.18. The molecular formula is C28H27N3OS. The Bertz CT molecular complexity index is 1300. The standard InChI is InChI=1S/C28H27N3OS/c1-31(24-10-6-3-7-11-24)18-22-16-21(12-14-25(22)20-8-4-2-5-9-20)28(32)30-23-13-15-27-26(17-23)29-19-33-27/h2,4-6,8-10,12-17,19,24H,3,7,11,18H2,1H3,(H,30,32). The Morgan fingerprint density at radius 2 is 2.00 bits per heavy atom. The monoisotopic (exact) mass is 453 g/mol. The van der Waals surface area contributed by atoms with E-state index >= 15 is 0 Å². The second-order valence-electron chi connectivity index (χ2n) is 8.57. The van der Waals surface area contributed by atoms with E-state index in [1.54, 1.807) is 11.3 Å². The topological polar surface area (TPSA) is 45.2 Å². The van der Waals surface area contributed by atoms with Crippen molar-refractivity contribution < 1.29 is 4.79 Å². The summed E-state index contributed by atoms with van der Waals surface area (Å²) in [5, 5.41) is 3.04. The van der Waals surface area contributed by atoms with E-state index in [1.165, 1.54) is 30.4 Å². The number of likely N-dealkylation sites (N-methyl/N-ethyl adjacent to an activating group) is 1. The molecule has 0 radical (unpaired) electrons. The summed E-state index contributed by atoms with van der Waals surface area (Å²) in [6.07, 6.45) is 8.17. The number of hydrogen-bond donors (Lipinski definition) is 1. The lowest BCUT2D eigenvalue weighted by Gasteiger charge is -2.28. The zero-order valence-corrected chi connectivity index (χ0v) is 19.5. The third-order valence-electron chi connectivity index (χ3n) is 6.26. The van der Waals surface area contributed by atoms with Crippen LogP contribution in [-0.4, -0.2) is 28.9 Å². The summed E-state index contributed by atoms with van der Waals surface area (Å²) < 4.78 is 1.11. The smallest absolute Gasteiger partial charge is 0.255 e. The summed E-state index contributed by atoms with van der Waals surface area (Å²) in [4.78, 5) is 19.9. The lowest BCUT2D eigenvalue weighted by Crippen LogP contribution is -2.31. The van der Waals surface area contributed by atoms with Crippen molar-refractivity contribution in [1.82, 2.24) is 9.88 Å². The molecule has 0 bridgehead atoms. The molecule has 4 aromatic rings. The maximum atomic E-state index is 13.1. The molecule has 4 nitrogen and oxygen atoms in total. The summed E-state index contributed by atoms with van der Waals surface area (Å²) in [6.45, 7) is 0.783. The summed E-state index contributed by atoms with van der Waals surface area (Å²) in [5.41, 5.74) is 7.64. The molecule has 5 rings (SSSR count). The van der Waals surface area contributed by atoms with Crippen molar-refractivity contribution in [3.8, 4) is 11.1 Å². The van der Waals surface area contributed by atoms with E-state index in [-0.39, 0.29) is 5.91 Å². The van der Waals surface area contributed by atoms with Crippen LogP contribution in [0.1, 0.15) is 35.2 Å². The fourth-order valence-electron chi connectivity index (χ4n) is 4.45. The van der Waals surface area contributed by atoms with E-state index in [0.29, 0.717) is 11.6 Å². The van der Waals surface area contributed by atoms with E-state index < -0.39 is 0 Å². The van der Waals surface area contributed by atoms with Gasteiger partial charge < -0.3 is 5.32 Å². The van der Waals surface area contributed by atoms with Gasteiger partial charge in [0.1, 0.15) is 0 Å². The van der Waals surface area contributed by atoms with Gasteiger partial charge in [0.05, 0.1) is 15.7 Å². The minimum absolute atomic E-state index is 0.106. The number of carbonyl (C=O) groups is 1. The van der Waals surface area contributed by atoms with Crippen LogP contribution >= 0.6 is 11.3 Å². The summed E-state index contributed by atoms with van der Waals surface area (Å²) in [6, 6.07) is 22.7. The predicted molar refractivity (Wildman–Crippen MR) is 138 cm³/mol. The zero-order valence-electron chi connectivity index (χ0n) is 18.7. The Kier molecular flexibility index (Phi) is 6.33. The Labute approximate surface area is 198 Å². The molecule has 0 aliphatic heterocycles. The number of rotatable bonds is 6. The van der Waals surface area contributed by atoms with Gasteiger partial charge in [0.2, 0.25) is 0 Å². The molecule has 0 spiro atoms. The Morgan fingerprint density at radius 1 is 1.12 bits per heavy atom. The van der Waals surface area contributed by atoms with Gasteiger partial charge in [-0.3, -0.25) is 9.69 Å².